The molecule has 9 nitrogen and oxygen atoms in total. The minimum atomic E-state index is -3.73. The molecule has 3 aromatic rings. The summed E-state index contributed by atoms with van der Waals surface area (Å²) in [6, 6.07) is 15.2. The molecule has 4 N–H and O–H groups in total. The molecule has 0 spiro atoms. The van der Waals surface area contributed by atoms with Crippen LogP contribution in [0.4, 0.5) is 0 Å². The van der Waals surface area contributed by atoms with Crippen LogP contribution in [0.5, 0.6) is 0 Å². The minimum absolute atomic E-state index is 0.0244. The number of nitrogens with zero attached hydrogens (tertiary/aromatic N) is 1. The molecule has 2 aromatic carbocycles. The molecule has 10 heteroatoms. The molecular formula is C20H20N4O5S. The van der Waals surface area contributed by atoms with Crippen molar-refractivity contribution in [2.24, 2.45) is 5.14 Å². The van der Waals surface area contributed by atoms with Crippen LogP contribution in [0, 0.1) is 0 Å². The largest absolute Gasteiger partial charge is 0.452 e. The van der Waals surface area contributed by atoms with E-state index in [1.54, 1.807) is 12.1 Å². The topological polar surface area (TPSA) is 144 Å². The number of sulfonamides is 1. The van der Waals surface area contributed by atoms with Crippen molar-refractivity contribution in [2.75, 3.05) is 13.2 Å². The molecule has 0 aliphatic rings. The first-order valence-corrected chi connectivity index (χ1v) is 10.5. The standard InChI is InChI=1S/C20H20N4O5S/c21-30(27,28)16-8-6-14(7-9-16)10-11-22-18(25)13-29-20(26)17-12-23-24-19(17)15-4-2-1-3-5-15/h1-9,12H,10-11,13H2,(H,22,25)(H,23,24)(H2,21,27,28). The Balaban J connectivity index is 1.46. The van der Waals surface area contributed by atoms with Crippen molar-refractivity contribution >= 4 is 21.9 Å². The van der Waals surface area contributed by atoms with Gasteiger partial charge in [-0.25, -0.2) is 18.4 Å². The number of aromatic amines is 1. The summed E-state index contributed by atoms with van der Waals surface area (Å²) in [6.07, 6.45) is 1.83. The lowest BCUT2D eigenvalue weighted by atomic mass is 10.1. The highest BCUT2D eigenvalue weighted by atomic mass is 32.2. The van der Waals surface area contributed by atoms with E-state index in [1.165, 1.54) is 18.3 Å². The molecule has 0 fully saturated rings. The third kappa shape index (κ3) is 5.52. The van der Waals surface area contributed by atoms with Gasteiger partial charge >= 0.3 is 5.97 Å². The zero-order chi connectivity index (χ0) is 21.6. The molecule has 1 aromatic heterocycles. The summed E-state index contributed by atoms with van der Waals surface area (Å²) < 4.78 is 27.5. The fourth-order valence-corrected chi connectivity index (χ4v) is 3.23. The van der Waals surface area contributed by atoms with E-state index < -0.39 is 28.5 Å². The van der Waals surface area contributed by atoms with Gasteiger partial charge in [0.05, 0.1) is 16.8 Å². The molecule has 0 radical (unpaired) electrons. The van der Waals surface area contributed by atoms with E-state index in [4.69, 9.17) is 9.88 Å². The van der Waals surface area contributed by atoms with E-state index in [0.717, 1.165) is 11.1 Å². The number of rotatable bonds is 8. The summed E-state index contributed by atoms with van der Waals surface area (Å²) in [5, 5.41) is 14.3. The number of hydrogen-bond donors (Lipinski definition) is 3. The van der Waals surface area contributed by atoms with Crippen LogP contribution in [0.25, 0.3) is 11.3 Å². The van der Waals surface area contributed by atoms with Gasteiger partial charge in [-0.3, -0.25) is 9.89 Å². The van der Waals surface area contributed by atoms with Gasteiger partial charge in [0.15, 0.2) is 6.61 Å². The first-order chi connectivity index (χ1) is 14.3. The van der Waals surface area contributed by atoms with Gasteiger partial charge in [0.2, 0.25) is 10.0 Å². The number of carbonyl (C=O) groups is 2. The molecule has 0 saturated heterocycles. The zero-order valence-corrected chi connectivity index (χ0v) is 16.7. The molecule has 0 unspecified atom stereocenters. The number of primary sulfonamides is 1. The Morgan fingerprint density at radius 2 is 1.77 bits per heavy atom. The van der Waals surface area contributed by atoms with E-state index in [0.29, 0.717) is 18.7 Å². The summed E-state index contributed by atoms with van der Waals surface area (Å²) in [6.45, 7) is -0.130. The van der Waals surface area contributed by atoms with E-state index in [-0.39, 0.29) is 10.5 Å². The molecule has 0 aliphatic carbocycles. The lowest BCUT2D eigenvalue weighted by molar-refractivity contribution is -0.124. The number of nitrogens with two attached hydrogens (primary N) is 1. The van der Waals surface area contributed by atoms with Gasteiger partial charge < -0.3 is 10.1 Å². The maximum atomic E-state index is 12.3. The zero-order valence-electron chi connectivity index (χ0n) is 15.9. The molecule has 1 heterocycles. The van der Waals surface area contributed by atoms with Crippen molar-refractivity contribution in [3.8, 4) is 11.3 Å². The predicted octanol–water partition coefficient (Wildman–Crippen LogP) is 1.24. The minimum Gasteiger partial charge on any atom is -0.452 e. The number of nitrogens with one attached hydrogen (secondary N) is 2. The second-order valence-electron chi connectivity index (χ2n) is 6.39. The summed E-state index contributed by atoms with van der Waals surface area (Å²) in [5.41, 5.74) is 2.36. The fourth-order valence-electron chi connectivity index (χ4n) is 2.72. The number of amides is 1. The van der Waals surface area contributed by atoms with Gasteiger partial charge in [-0.2, -0.15) is 5.10 Å². The van der Waals surface area contributed by atoms with Crippen molar-refractivity contribution in [2.45, 2.75) is 11.3 Å². The highest BCUT2D eigenvalue weighted by Gasteiger charge is 2.17. The van der Waals surface area contributed by atoms with Gasteiger partial charge in [-0.15, -0.1) is 0 Å². The summed E-state index contributed by atoms with van der Waals surface area (Å²) in [7, 11) is -3.73. The highest BCUT2D eigenvalue weighted by molar-refractivity contribution is 7.89. The van der Waals surface area contributed by atoms with E-state index in [1.807, 2.05) is 30.3 Å². The molecule has 0 saturated carbocycles. The summed E-state index contributed by atoms with van der Waals surface area (Å²) >= 11 is 0. The number of hydrogen-bond acceptors (Lipinski definition) is 6. The molecular weight excluding hydrogens is 408 g/mol. The normalized spacial score (nSPS) is 11.1. The highest BCUT2D eigenvalue weighted by Crippen LogP contribution is 2.21. The quantitative estimate of drug-likeness (QED) is 0.461. The smallest absolute Gasteiger partial charge is 0.342 e. The van der Waals surface area contributed by atoms with Crippen molar-refractivity contribution in [3.63, 3.8) is 0 Å². The molecule has 0 aliphatic heterocycles. The van der Waals surface area contributed by atoms with Crippen molar-refractivity contribution < 1.29 is 22.7 Å². The number of H-pyrrole nitrogens is 1. The van der Waals surface area contributed by atoms with Crippen LogP contribution in [0.1, 0.15) is 15.9 Å². The maximum Gasteiger partial charge on any atom is 0.342 e. The SMILES string of the molecule is NS(=O)(=O)c1ccc(CCNC(=O)COC(=O)c2cn[nH]c2-c2ccccc2)cc1. The Labute approximate surface area is 173 Å². The predicted molar refractivity (Wildman–Crippen MR) is 109 cm³/mol. The lowest BCUT2D eigenvalue weighted by Gasteiger charge is -2.07. The third-order valence-corrected chi connectivity index (χ3v) is 5.17. The second-order valence-corrected chi connectivity index (χ2v) is 7.95. The molecule has 1 amide bonds. The number of ether oxygens (including phenoxy) is 1. The molecule has 0 atom stereocenters. The monoisotopic (exact) mass is 428 g/mol. The van der Waals surface area contributed by atoms with E-state index in [9.17, 15) is 18.0 Å². The van der Waals surface area contributed by atoms with Gasteiger partial charge in [0.25, 0.3) is 5.91 Å². The number of carbonyl (C=O) groups excluding carboxylic acids is 2. The third-order valence-electron chi connectivity index (χ3n) is 4.24. The Kier molecular flexibility index (Phi) is 6.60. The fraction of sp³-hybridized carbons (Fsp3) is 0.150. The van der Waals surface area contributed by atoms with Gasteiger partial charge in [0.1, 0.15) is 5.56 Å². The number of esters is 1. The lowest BCUT2D eigenvalue weighted by Crippen LogP contribution is -2.30. The van der Waals surface area contributed by atoms with Crippen LogP contribution in [-0.2, 0) is 26.0 Å². The van der Waals surface area contributed by atoms with Crippen molar-refractivity contribution in [1.82, 2.24) is 15.5 Å². The Bertz CT molecular complexity index is 1130. The Morgan fingerprint density at radius 1 is 1.07 bits per heavy atom. The molecule has 156 valence electrons. The van der Waals surface area contributed by atoms with Gasteiger partial charge in [0, 0.05) is 12.1 Å². The van der Waals surface area contributed by atoms with E-state index in [2.05, 4.69) is 15.5 Å². The Morgan fingerprint density at radius 3 is 2.43 bits per heavy atom. The Hall–Kier alpha value is -3.50. The summed E-state index contributed by atoms with van der Waals surface area (Å²) in [5.74, 6) is -1.11. The van der Waals surface area contributed by atoms with Crippen molar-refractivity contribution in [3.05, 3.63) is 71.9 Å². The van der Waals surface area contributed by atoms with Crippen LogP contribution in [0.15, 0.2) is 65.7 Å². The first kappa shape index (κ1) is 21.2. The number of aromatic nitrogens is 2. The molecule has 30 heavy (non-hydrogen) atoms. The number of benzene rings is 2. The van der Waals surface area contributed by atoms with Crippen LogP contribution < -0.4 is 10.5 Å². The van der Waals surface area contributed by atoms with Crippen LogP contribution in [-0.4, -0.2) is 43.6 Å². The van der Waals surface area contributed by atoms with Crippen LogP contribution in [0.3, 0.4) is 0 Å². The molecule has 0 bridgehead atoms. The molecule has 3 rings (SSSR count). The van der Waals surface area contributed by atoms with Gasteiger partial charge in [-0.05, 0) is 24.1 Å². The second kappa shape index (κ2) is 9.33. The average molecular weight is 428 g/mol. The maximum absolute atomic E-state index is 12.3. The van der Waals surface area contributed by atoms with Crippen LogP contribution in [0.2, 0.25) is 0 Å². The van der Waals surface area contributed by atoms with Crippen molar-refractivity contribution in [1.29, 1.82) is 0 Å². The summed E-state index contributed by atoms with van der Waals surface area (Å²) in [4.78, 5) is 24.3. The van der Waals surface area contributed by atoms with E-state index >= 15 is 0 Å². The van der Waals surface area contributed by atoms with Crippen LogP contribution >= 0.6 is 0 Å². The first-order valence-electron chi connectivity index (χ1n) is 8.99. The van der Waals surface area contributed by atoms with Gasteiger partial charge in [-0.1, -0.05) is 42.5 Å². The average Bonchev–Trinajstić information content (AvgIpc) is 3.22.